The highest BCUT2D eigenvalue weighted by atomic mass is 35.5. The Morgan fingerprint density at radius 2 is 1.93 bits per heavy atom. The van der Waals surface area contributed by atoms with E-state index in [1.807, 2.05) is 41.8 Å². The lowest BCUT2D eigenvalue weighted by atomic mass is 10.1. The first-order valence-corrected chi connectivity index (χ1v) is 9.34. The van der Waals surface area contributed by atoms with Crippen molar-refractivity contribution >= 4 is 23.4 Å². The second-order valence-corrected chi connectivity index (χ2v) is 7.31. The van der Waals surface area contributed by atoms with Gasteiger partial charge in [0.05, 0.1) is 7.11 Å². The van der Waals surface area contributed by atoms with Crippen LogP contribution in [0.5, 0.6) is 5.75 Å². The monoisotopic (exact) mass is 404 g/mol. The second kappa shape index (κ2) is 8.41. The lowest BCUT2D eigenvalue weighted by Crippen LogP contribution is -2.12. The summed E-state index contributed by atoms with van der Waals surface area (Å²) in [6, 6.07) is 14.5. The van der Waals surface area contributed by atoms with Gasteiger partial charge in [0.15, 0.2) is 5.16 Å². The van der Waals surface area contributed by atoms with Gasteiger partial charge in [-0.1, -0.05) is 41.6 Å². The number of nitrogens with zero attached hydrogens (tertiary/aromatic N) is 4. The standard InChI is InChI=1S/C18H17ClN4O3S/c1-12-20-21-18(23(12)14-9-7-13(19)8-10-14)27-17(11-22(24)25)15-5-3-4-6-16(15)26-2/h3-10,17H,11H2,1-2H3/t17-/m0/s1. The van der Waals surface area contributed by atoms with Crippen molar-refractivity contribution in [3.05, 3.63) is 75.1 Å². The molecule has 27 heavy (non-hydrogen) atoms. The molecule has 140 valence electrons. The molecule has 1 aromatic heterocycles. The van der Waals surface area contributed by atoms with Gasteiger partial charge in [-0.25, -0.2) is 0 Å². The Morgan fingerprint density at radius 3 is 2.59 bits per heavy atom. The van der Waals surface area contributed by atoms with Gasteiger partial charge in [0.2, 0.25) is 6.54 Å². The van der Waals surface area contributed by atoms with Crippen LogP contribution in [0.2, 0.25) is 5.02 Å². The molecule has 3 rings (SSSR count). The topological polar surface area (TPSA) is 83.1 Å². The van der Waals surface area contributed by atoms with Crippen LogP contribution in [0.15, 0.2) is 53.7 Å². The van der Waals surface area contributed by atoms with E-state index in [1.54, 1.807) is 25.3 Å². The van der Waals surface area contributed by atoms with Gasteiger partial charge in [-0.2, -0.15) is 0 Å². The maximum atomic E-state index is 11.3. The lowest BCUT2D eigenvalue weighted by molar-refractivity contribution is -0.479. The number of nitro groups is 1. The average molecular weight is 405 g/mol. The Hall–Kier alpha value is -2.58. The van der Waals surface area contributed by atoms with Crippen molar-refractivity contribution in [1.29, 1.82) is 0 Å². The molecule has 0 aliphatic rings. The molecule has 3 aromatic rings. The first-order chi connectivity index (χ1) is 13.0. The van der Waals surface area contributed by atoms with Gasteiger partial charge in [-0.15, -0.1) is 10.2 Å². The van der Waals surface area contributed by atoms with Gasteiger partial charge >= 0.3 is 0 Å². The summed E-state index contributed by atoms with van der Waals surface area (Å²) in [5.74, 6) is 1.28. The summed E-state index contributed by atoms with van der Waals surface area (Å²) >= 11 is 7.25. The number of ether oxygens (including phenoxy) is 1. The van der Waals surface area contributed by atoms with E-state index in [2.05, 4.69) is 10.2 Å². The molecule has 7 nitrogen and oxygen atoms in total. The zero-order valence-electron chi connectivity index (χ0n) is 14.7. The summed E-state index contributed by atoms with van der Waals surface area (Å²) in [6.45, 7) is 1.56. The molecule has 2 aromatic carbocycles. The van der Waals surface area contributed by atoms with Crippen LogP contribution in [-0.2, 0) is 0 Å². The van der Waals surface area contributed by atoms with E-state index in [1.165, 1.54) is 11.8 Å². The molecular weight excluding hydrogens is 388 g/mol. The zero-order chi connectivity index (χ0) is 19.4. The normalized spacial score (nSPS) is 12.0. The predicted octanol–water partition coefficient (Wildman–Crippen LogP) is 4.35. The summed E-state index contributed by atoms with van der Waals surface area (Å²) in [5, 5.41) is 20.3. The SMILES string of the molecule is COc1ccccc1[C@H](C[N+](=O)[O-])Sc1nnc(C)n1-c1ccc(Cl)cc1. The van der Waals surface area contributed by atoms with Gasteiger partial charge in [-0.05, 0) is 37.3 Å². The number of hydrogen-bond acceptors (Lipinski definition) is 6. The molecule has 0 spiro atoms. The summed E-state index contributed by atoms with van der Waals surface area (Å²) in [7, 11) is 1.55. The maximum Gasteiger partial charge on any atom is 0.220 e. The summed E-state index contributed by atoms with van der Waals surface area (Å²) in [6.07, 6.45) is 0. The van der Waals surface area contributed by atoms with Gasteiger partial charge < -0.3 is 4.74 Å². The van der Waals surface area contributed by atoms with Crippen LogP contribution < -0.4 is 4.74 Å². The number of para-hydroxylation sites is 1. The van der Waals surface area contributed by atoms with Gasteiger partial charge in [0.1, 0.15) is 16.8 Å². The zero-order valence-corrected chi connectivity index (χ0v) is 16.3. The Bertz CT molecular complexity index is 946. The fraction of sp³-hybridized carbons (Fsp3) is 0.222. The highest BCUT2D eigenvalue weighted by Gasteiger charge is 2.26. The van der Waals surface area contributed by atoms with Crippen molar-refractivity contribution < 1.29 is 9.66 Å². The summed E-state index contributed by atoms with van der Waals surface area (Å²) in [4.78, 5) is 10.9. The van der Waals surface area contributed by atoms with E-state index in [0.29, 0.717) is 21.8 Å². The van der Waals surface area contributed by atoms with Crippen LogP contribution in [0, 0.1) is 17.0 Å². The fourth-order valence-electron chi connectivity index (χ4n) is 2.70. The van der Waals surface area contributed by atoms with Crippen molar-refractivity contribution in [3.63, 3.8) is 0 Å². The minimum absolute atomic E-state index is 0.266. The third-order valence-corrected chi connectivity index (χ3v) is 5.34. The molecule has 1 heterocycles. The smallest absolute Gasteiger partial charge is 0.220 e. The minimum atomic E-state index is -0.481. The number of hydrogen-bond donors (Lipinski definition) is 0. The molecule has 0 unspecified atom stereocenters. The van der Waals surface area contributed by atoms with Crippen LogP contribution in [0.25, 0.3) is 5.69 Å². The number of methoxy groups -OCH3 is 1. The number of benzene rings is 2. The quantitative estimate of drug-likeness (QED) is 0.331. The molecule has 0 bridgehead atoms. The third kappa shape index (κ3) is 4.40. The highest BCUT2D eigenvalue weighted by molar-refractivity contribution is 7.99. The molecule has 0 N–H and O–H groups in total. The van der Waals surface area contributed by atoms with E-state index in [4.69, 9.17) is 16.3 Å². The number of aryl methyl sites for hydroxylation is 1. The highest BCUT2D eigenvalue weighted by Crippen LogP contribution is 2.39. The number of aromatic nitrogens is 3. The first-order valence-electron chi connectivity index (χ1n) is 8.09. The van der Waals surface area contributed by atoms with Crippen molar-refractivity contribution in [2.75, 3.05) is 13.7 Å². The largest absolute Gasteiger partial charge is 0.496 e. The van der Waals surface area contributed by atoms with Crippen LogP contribution in [0.3, 0.4) is 0 Å². The molecule has 1 atom stereocenters. The summed E-state index contributed by atoms with van der Waals surface area (Å²) in [5.41, 5.74) is 1.58. The molecule has 0 aliphatic heterocycles. The van der Waals surface area contributed by atoms with Crippen LogP contribution >= 0.6 is 23.4 Å². The van der Waals surface area contributed by atoms with Gasteiger partial charge in [0.25, 0.3) is 0 Å². The molecule has 0 radical (unpaired) electrons. The predicted molar refractivity (Wildman–Crippen MR) is 105 cm³/mol. The van der Waals surface area contributed by atoms with Crippen molar-refractivity contribution in [3.8, 4) is 11.4 Å². The van der Waals surface area contributed by atoms with Gasteiger partial charge in [0, 0.05) is 21.2 Å². The molecule has 9 heteroatoms. The van der Waals surface area contributed by atoms with Crippen molar-refractivity contribution in [2.24, 2.45) is 0 Å². The molecule has 0 amide bonds. The lowest BCUT2D eigenvalue weighted by Gasteiger charge is -2.16. The summed E-state index contributed by atoms with van der Waals surface area (Å²) < 4.78 is 7.24. The maximum absolute atomic E-state index is 11.3. The van der Waals surface area contributed by atoms with E-state index in [-0.39, 0.29) is 11.5 Å². The van der Waals surface area contributed by atoms with Crippen LogP contribution in [0.1, 0.15) is 16.6 Å². The van der Waals surface area contributed by atoms with E-state index in [0.717, 1.165) is 11.3 Å². The fourth-order valence-corrected chi connectivity index (χ4v) is 4.03. The molecule has 0 aliphatic carbocycles. The molecule has 0 fully saturated rings. The van der Waals surface area contributed by atoms with Crippen LogP contribution in [-0.4, -0.2) is 33.3 Å². The van der Waals surface area contributed by atoms with Crippen molar-refractivity contribution in [1.82, 2.24) is 14.8 Å². The molecular formula is C18H17ClN4O3S. The Morgan fingerprint density at radius 1 is 1.22 bits per heavy atom. The number of halogens is 1. The Labute approximate surface area is 165 Å². The van der Waals surface area contributed by atoms with E-state index >= 15 is 0 Å². The second-order valence-electron chi connectivity index (χ2n) is 5.71. The minimum Gasteiger partial charge on any atom is -0.496 e. The first kappa shape index (κ1) is 19.2. The van der Waals surface area contributed by atoms with Gasteiger partial charge in [-0.3, -0.25) is 14.7 Å². The van der Waals surface area contributed by atoms with Crippen molar-refractivity contribution in [2.45, 2.75) is 17.3 Å². The third-order valence-electron chi connectivity index (χ3n) is 3.93. The Kier molecular flexibility index (Phi) is 5.98. The Balaban J connectivity index is 2.00. The average Bonchev–Trinajstić information content (AvgIpc) is 3.02. The van der Waals surface area contributed by atoms with Crippen LogP contribution in [0.4, 0.5) is 0 Å². The molecule has 0 saturated heterocycles. The van der Waals surface area contributed by atoms with E-state index in [9.17, 15) is 10.1 Å². The molecule has 0 saturated carbocycles. The number of thioether (sulfide) groups is 1. The number of rotatable bonds is 7. The van der Waals surface area contributed by atoms with E-state index < -0.39 is 5.25 Å².